The maximum Gasteiger partial charge on any atom is 0.258 e. The highest BCUT2D eigenvalue weighted by atomic mass is 16.5. The molecule has 3 rings (SSSR count). The van der Waals surface area contributed by atoms with Crippen LogP contribution in [-0.4, -0.2) is 16.7 Å². The molecule has 4 heteroatoms. The Labute approximate surface area is 128 Å². The van der Waals surface area contributed by atoms with Gasteiger partial charge in [-0.1, -0.05) is 30.3 Å². The molecule has 1 aromatic heterocycles. The molecule has 110 valence electrons. The van der Waals surface area contributed by atoms with Gasteiger partial charge in [0.2, 0.25) is 0 Å². The lowest BCUT2D eigenvalue weighted by atomic mass is 10.1. The van der Waals surface area contributed by atoms with Crippen LogP contribution in [-0.2, 0) is 0 Å². The minimum absolute atomic E-state index is 0.100. The van der Waals surface area contributed by atoms with Gasteiger partial charge in [0.1, 0.15) is 11.6 Å². The van der Waals surface area contributed by atoms with Crippen molar-refractivity contribution in [2.45, 2.75) is 6.92 Å². The highest BCUT2D eigenvalue weighted by molar-refractivity contribution is 5.58. The third kappa shape index (κ3) is 2.63. The van der Waals surface area contributed by atoms with Gasteiger partial charge in [-0.2, -0.15) is 0 Å². The summed E-state index contributed by atoms with van der Waals surface area (Å²) < 4.78 is 6.73. The van der Waals surface area contributed by atoms with Gasteiger partial charge in [0.05, 0.1) is 18.5 Å². The highest BCUT2D eigenvalue weighted by Crippen LogP contribution is 2.18. The molecule has 0 bridgehead atoms. The summed E-state index contributed by atoms with van der Waals surface area (Å²) in [6.45, 7) is 1.83. The van der Waals surface area contributed by atoms with E-state index in [1.165, 1.54) is 0 Å². The van der Waals surface area contributed by atoms with Crippen molar-refractivity contribution in [1.82, 2.24) is 9.55 Å². The third-order valence-corrected chi connectivity index (χ3v) is 3.49. The first-order valence-corrected chi connectivity index (χ1v) is 6.99. The number of aryl methyl sites for hydroxylation is 1. The van der Waals surface area contributed by atoms with E-state index in [1.54, 1.807) is 17.7 Å². The van der Waals surface area contributed by atoms with E-state index in [1.807, 2.05) is 61.5 Å². The van der Waals surface area contributed by atoms with E-state index in [0.717, 1.165) is 17.0 Å². The Kier molecular flexibility index (Phi) is 3.74. The van der Waals surface area contributed by atoms with Crippen molar-refractivity contribution < 1.29 is 4.74 Å². The molecule has 0 fully saturated rings. The molecule has 1 heterocycles. The van der Waals surface area contributed by atoms with Crippen LogP contribution in [0.3, 0.4) is 0 Å². The van der Waals surface area contributed by atoms with Gasteiger partial charge >= 0.3 is 0 Å². The second kappa shape index (κ2) is 5.85. The normalized spacial score (nSPS) is 10.5. The summed E-state index contributed by atoms with van der Waals surface area (Å²) in [6, 6.07) is 18.6. The van der Waals surface area contributed by atoms with E-state index < -0.39 is 0 Å². The summed E-state index contributed by atoms with van der Waals surface area (Å²) in [4.78, 5) is 17.0. The highest BCUT2D eigenvalue weighted by Gasteiger charge is 2.08. The van der Waals surface area contributed by atoms with Gasteiger partial charge in [0, 0.05) is 11.6 Å². The van der Waals surface area contributed by atoms with Crippen molar-refractivity contribution in [1.29, 1.82) is 0 Å². The number of benzene rings is 2. The van der Waals surface area contributed by atoms with Crippen molar-refractivity contribution >= 4 is 0 Å². The second-order valence-electron chi connectivity index (χ2n) is 4.93. The number of nitrogens with zero attached hydrogens (tertiary/aromatic N) is 2. The number of methoxy groups -OCH3 is 1. The molecule has 3 aromatic rings. The number of hydrogen-bond acceptors (Lipinski definition) is 3. The molecule has 0 N–H and O–H groups in total. The SMILES string of the molecule is COc1ccc(-n2c(C)nc(-c3ccccc3)cc2=O)cc1. The second-order valence-corrected chi connectivity index (χ2v) is 4.93. The molecule has 0 radical (unpaired) electrons. The summed E-state index contributed by atoms with van der Waals surface area (Å²) in [5.74, 6) is 1.40. The molecule has 0 unspecified atom stereocenters. The number of rotatable bonds is 3. The molecule has 4 nitrogen and oxygen atoms in total. The number of ether oxygens (including phenoxy) is 1. The molecule has 0 aliphatic rings. The minimum atomic E-state index is -0.100. The van der Waals surface area contributed by atoms with Crippen LogP contribution in [0.2, 0.25) is 0 Å². The van der Waals surface area contributed by atoms with Crippen LogP contribution < -0.4 is 10.3 Å². The van der Waals surface area contributed by atoms with Gasteiger partial charge in [-0.15, -0.1) is 0 Å². The predicted molar refractivity (Wildman–Crippen MR) is 86.6 cm³/mol. The van der Waals surface area contributed by atoms with Gasteiger partial charge in [0.15, 0.2) is 0 Å². The fraction of sp³-hybridized carbons (Fsp3) is 0.111. The first-order valence-electron chi connectivity index (χ1n) is 6.99. The Balaban J connectivity index is 2.08. The molecule has 0 saturated carbocycles. The standard InChI is InChI=1S/C18H16N2O2/c1-13-19-17(14-6-4-3-5-7-14)12-18(21)20(13)15-8-10-16(22-2)11-9-15/h3-12H,1-2H3. The zero-order chi connectivity index (χ0) is 15.5. The molecular weight excluding hydrogens is 276 g/mol. The maximum absolute atomic E-state index is 12.5. The third-order valence-electron chi connectivity index (χ3n) is 3.49. The summed E-state index contributed by atoms with van der Waals surface area (Å²) >= 11 is 0. The molecular formula is C18H16N2O2. The first kappa shape index (κ1) is 14.1. The summed E-state index contributed by atoms with van der Waals surface area (Å²) in [7, 11) is 1.61. The van der Waals surface area contributed by atoms with Crippen LogP contribution in [0.25, 0.3) is 16.9 Å². The molecule has 0 aliphatic carbocycles. The quantitative estimate of drug-likeness (QED) is 0.744. The van der Waals surface area contributed by atoms with Gasteiger partial charge in [0.25, 0.3) is 5.56 Å². The monoisotopic (exact) mass is 292 g/mol. The molecule has 0 atom stereocenters. The smallest absolute Gasteiger partial charge is 0.258 e. The lowest BCUT2D eigenvalue weighted by molar-refractivity contribution is 0.414. The average Bonchev–Trinajstić information content (AvgIpc) is 2.55. The van der Waals surface area contributed by atoms with E-state index in [9.17, 15) is 4.79 Å². The minimum Gasteiger partial charge on any atom is -0.497 e. The van der Waals surface area contributed by atoms with Crippen molar-refractivity contribution in [3.63, 3.8) is 0 Å². The average molecular weight is 292 g/mol. The molecule has 22 heavy (non-hydrogen) atoms. The summed E-state index contributed by atoms with van der Waals surface area (Å²) in [5.41, 5.74) is 2.30. The van der Waals surface area contributed by atoms with Gasteiger partial charge in [-0.25, -0.2) is 4.98 Å². The zero-order valence-corrected chi connectivity index (χ0v) is 12.5. The Morgan fingerprint density at radius 3 is 2.27 bits per heavy atom. The van der Waals surface area contributed by atoms with E-state index in [0.29, 0.717) is 11.5 Å². The van der Waals surface area contributed by atoms with E-state index >= 15 is 0 Å². The molecule has 0 amide bonds. The van der Waals surface area contributed by atoms with E-state index in [-0.39, 0.29) is 5.56 Å². The Bertz CT molecular complexity index is 837. The zero-order valence-electron chi connectivity index (χ0n) is 12.5. The lowest BCUT2D eigenvalue weighted by Gasteiger charge is -2.11. The van der Waals surface area contributed by atoms with Crippen LogP contribution in [0.15, 0.2) is 65.5 Å². The lowest BCUT2D eigenvalue weighted by Crippen LogP contribution is -2.21. The van der Waals surface area contributed by atoms with Gasteiger partial charge < -0.3 is 4.74 Å². The molecule has 0 saturated heterocycles. The Morgan fingerprint density at radius 1 is 1.00 bits per heavy atom. The fourth-order valence-electron chi connectivity index (χ4n) is 2.40. The van der Waals surface area contributed by atoms with Crippen LogP contribution in [0.1, 0.15) is 5.82 Å². The van der Waals surface area contributed by atoms with Gasteiger partial charge in [-0.3, -0.25) is 9.36 Å². The fourth-order valence-corrected chi connectivity index (χ4v) is 2.40. The first-order chi connectivity index (χ1) is 10.7. The molecule has 2 aromatic carbocycles. The predicted octanol–water partition coefficient (Wildman–Crippen LogP) is 3.22. The van der Waals surface area contributed by atoms with Crippen molar-refractivity contribution in [3.8, 4) is 22.7 Å². The van der Waals surface area contributed by atoms with Crippen LogP contribution in [0, 0.1) is 6.92 Å². The summed E-state index contributed by atoms with van der Waals surface area (Å²) in [5, 5.41) is 0. The Hall–Kier alpha value is -2.88. The molecule has 0 spiro atoms. The number of aromatic nitrogens is 2. The Morgan fingerprint density at radius 2 is 1.68 bits per heavy atom. The summed E-state index contributed by atoms with van der Waals surface area (Å²) in [6.07, 6.45) is 0. The van der Waals surface area contributed by atoms with Crippen molar-refractivity contribution in [2.75, 3.05) is 7.11 Å². The van der Waals surface area contributed by atoms with Gasteiger partial charge in [-0.05, 0) is 31.2 Å². The van der Waals surface area contributed by atoms with E-state index in [2.05, 4.69) is 4.98 Å². The van der Waals surface area contributed by atoms with E-state index in [4.69, 9.17) is 4.74 Å². The topological polar surface area (TPSA) is 44.1 Å². The largest absolute Gasteiger partial charge is 0.497 e. The number of hydrogen-bond donors (Lipinski definition) is 0. The maximum atomic E-state index is 12.5. The van der Waals surface area contributed by atoms with Crippen LogP contribution in [0.4, 0.5) is 0 Å². The van der Waals surface area contributed by atoms with Crippen molar-refractivity contribution in [2.24, 2.45) is 0 Å². The van der Waals surface area contributed by atoms with Crippen LogP contribution >= 0.6 is 0 Å². The van der Waals surface area contributed by atoms with Crippen molar-refractivity contribution in [3.05, 3.63) is 76.8 Å². The van der Waals surface area contributed by atoms with Crippen LogP contribution in [0.5, 0.6) is 5.75 Å². The molecule has 0 aliphatic heterocycles.